The lowest BCUT2D eigenvalue weighted by molar-refractivity contribution is 0.527. The highest BCUT2D eigenvalue weighted by Crippen LogP contribution is 2.42. The standard InChI is InChI=1S/C21H11N3O3/c22-11-14-5-7-15(8-6-14)13-24-21-16(12-23)19(17-3-1-9-25-17)20(27-21)18-4-2-10-26-18/h1-10,13H. The van der Waals surface area contributed by atoms with Crippen molar-refractivity contribution >= 4 is 12.1 Å². The molecular weight excluding hydrogens is 342 g/mol. The smallest absolute Gasteiger partial charge is 0.238 e. The van der Waals surface area contributed by atoms with E-state index in [2.05, 4.69) is 17.1 Å². The van der Waals surface area contributed by atoms with Gasteiger partial charge in [0, 0.05) is 6.21 Å². The first-order valence-electron chi connectivity index (χ1n) is 7.99. The number of nitriles is 2. The van der Waals surface area contributed by atoms with Crippen LogP contribution in [0.2, 0.25) is 0 Å². The summed E-state index contributed by atoms with van der Waals surface area (Å²) in [5.41, 5.74) is 2.07. The van der Waals surface area contributed by atoms with Gasteiger partial charge in [-0.1, -0.05) is 12.1 Å². The highest BCUT2D eigenvalue weighted by molar-refractivity contribution is 5.87. The summed E-state index contributed by atoms with van der Waals surface area (Å²) < 4.78 is 16.7. The summed E-state index contributed by atoms with van der Waals surface area (Å²) in [5.74, 6) is 1.48. The van der Waals surface area contributed by atoms with E-state index in [9.17, 15) is 5.26 Å². The third-order valence-electron chi connectivity index (χ3n) is 3.88. The average molecular weight is 353 g/mol. The minimum absolute atomic E-state index is 0.152. The van der Waals surface area contributed by atoms with Gasteiger partial charge in [-0.25, -0.2) is 4.99 Å². The lowest BCUT2D eigenvalue weighted by Gasteiger charge is -1.96. The second kappa shape index (κ2) is 6.91. The molecule has 0 amide bonds. The zero-order valence-electron chi connectivity index (χ0n) is 13.9. The number of aliphatic imine (C=N–C) groups is 1. The normalized spacial score (nSPS) is 10.7. The molecule has 6 heteroatoms. The molecule has 4 aromatic rings. The summed E-state index contributed by atoms with van der Waals surface area (Å²) in [6.45, 7) is 0. The third kappa shape index (κ3) is 3.04. The SMILES string of the molecule is N#Cc1ccc(C=Nc2oc(-c3ccco3)c(-c3ccco3)c2C#N)cc1. The first kappa shape index (κ1) is 16.2. The molecule has 3 aromatic heterocycles. The summed E-state index contributed by atoms with van der Waals surface area (Å²) in [6.07, 6.45) is 4.61. The van der Waals surface area contributed by atoms with Gasteiger partial charge in [-0.2, -0.15) is 10.5 Å². The molecule has 3 heterocycles. The molecule has 0 saturated heterocycles. The molecule has 0 fully saturated rings. The molecule has 0 radical (unpaired) electrons. The minimum atomic E-state index is 0.152. The fourth-order valence-electron chi connectivity index (χ4n) is 2.63. The molecule has 6 nitrogen and oxygen atoms in total. The van der Waals surface area contributed by atoms with Crippen molar-refractivity contribution in [3.05, 3.63) is 77.7 Å². The van der Waals surface area contributed by atoms with E-state index >= 15 is 0 Å². The molecule has 0 N–H and O–H groups in total. The first-order chi connectivity index (χ1) is 13.3. The fraction of sp³-hybridized carbons (Fsp3) is 0. The van der Waals surface area contributed by atoms with Crippen molar-refractivity contribution in [2.24, 2.45) is 4.99 Å². The molecule has 1 aromatic carbocycles. The van der Waals surface area contributed by atoms with Crippen LogP contribution in [0.15, 0.2) is 79.3 Å². The Morgan fingerprint density at radius 2 is 1.56 bits per heavy atom. The van der Waals surface area contributed by atoms with E-state index in [1.54, 1.807) is 54.7 Å². The Balaban J connectivity index is 1.81. The Morgan fingerprint density at radius 1 is 0.852 bits per heavy atom. The van der Waals surface area contributed by atoms with Crippen molar-refractivity contribution in [2.75, 3.05) is 0 Å². The highest BCUT2D eigenvalue weighted by atomic mass is 16.4. The van der Waals surface area contributed by atoms with Gasteiger partial charge in [0.1, 0.15) is 17.4 Å². The van der Waals surface area contributed by atoms with Gasteiger partial charge in [0.25, 0.3) is 0 Å². The van der Waals surface area contributed by atoms with Gasteiger partial charge in [0.2, 0.25) is 5.88 Å². The zero-order valence-corrected chi connectivity index (χ0v) is 13.9. The van der Waals surface area contributed by atoms with Gasteiger partial charge in [0.05, 0.1) is 29.7 Å². The van der Waals surface area contributed by atoms with Crippen molar-refractivity contribution in [2.45, 2.75) is 0 Å². The summed E-state index contributed by atoms with van der Waals surface area (Å²) >= 11 is 0. The van der Waals surface area contributed by atoms with E-state index in [1.807, 2.05) is 0 Å². The maximum absolute atomic E-state index is 9.68. The van der Waals surface area contributed by atoms with Crippen LogP contribution in [0.4, 0.5) is 5.88 Å². The Hall–Kier alpha value is -4.29. The molecule has 0 aliphatic heterocycles. The largest absolute Gasteiger partial charge is 0.464 e. The van der Waals surface area contributed by atoms with Gasteiger partial charge in [-0.3, -0.25) is 0 Å². The Labute approximate surface area is 154 Å². The van der Waals surface area contributed by atoms with Crippen molar-refractivity contribution in [1.29, 1.82) is 10.5 Å². The molecule has 0 unspecified atom stereocenters. The van der Waals surface area contributed by atoms with Crippen LogP contribution in [0, 0.1) is 22.7 Å². The molecule has 0 aliphatic rings. The van der Waals surface area contributed by atoms with Crippen LogP contribution >= 0.6 is 0 Å². The quantitative estimate of drug-likeness (QED) is 0.464. The molecule has 27 heavy (non-hydrogen) atoms. The first-order valence-corrected chi connectivity index (χ1v) is 7.99. The zero-order chi connectivity index (χ0) is 18.6. The number of furan rings is 3. The summed E-state index contributed by atoms with van der Waals surface area (Å²) in [6, 6.07) is 18.0. The molecule has 4 rings (SSSR count). The molecular formula is C21H11N3O3. The minimum Gasteiger partial charge on any atom is -0.464 e. The Kier molecular flexibility index (Phi) is 4.14. The predicted octanol–water partition coefficient (Wildman–Crippen LogP) is 5.29. The van der Waals surface area contributed by atoms with Gasteiger partial charge in [-0.05, 0) is 42.0 Å². The van der Waals surface area contributed by atoms with E-state index in [4.69, 9.17) is 18.5 Å². The molecule has 128 valence electrons. The maximum atomic E-state index is 9.68. The number of hydrogen-bond donors (Lipinski definition) is 0. The van der Waals surface area contributed by atoms with Crippen LogP contribution < -0.4 is 0 Å². The van der Waals surface area contributed by atoms with Crippen molar-refractivity contribution < 1.29 is 13.3 Å². The third-order valence-corrected chi connectivity index (χ3v) is 3.88. The van der Waals surface area contributed by atoms with Crippen LogP contribution in [-0.2, 0) is 0 Å². The number of rotatable bonds is 4. The van der Waals surface area contributed by atoms with Crippen LogP contribution in [0.25, 0.3) is 22.8 Å². The van der Waals surface area contributed by atoms with Crippen LogP contribution in [0.5, 0.6) is 0 Å². The predicted molar refractivity (Wildman–Crippen MR) is 97.2 cm³/mol. The summed E-state index contributed by atoms with van der Waals surface area (Å²) in [4.78, 5) is 4.32. The molecule has 0 aliphatic carbocycles. The van der Waals surface area contributed by atoms with Gasteiger partial charge < -0.3 is 13.3 Å². The van der Waals surface area contributed by atoms with E-state index in [-0.39, 0.29) is 11.4 Å². The maximum Gasteiger partial charge on any atom is 0.238 e. The molecule has 0 spiro atoms. The second-order valence-electron chi connectivity index (χ2n) is 5.54. The monoisotopic (exact) mass is 353 g/mol. The van der Waals surface area contributed by atoms with Crippen LogP contribution in [0.3, 0.4) is 0 Å². The topological polar surface area (TPSA) is 99.4 Å². The van der Waals surface area contributed by atoms with E-state index < -0.39 is 0 Å². The Bertz CT molecular complexity index is 1170. The lowest BCUT2D eigenvalue weighted by Crippen LogP contribution is -1.82. The van der Waals surface area contributed by atoms with Crippen LogP contribution in [0.1, 0.15) is 16.7 Å². The van der Waals surface area contributed by atoms with Gasteiger partial charge >= 0.3 is 0 Å². The number of nitrogens with zero attached hydrogens (tertiary/aromatic N) is 3. The molecule has 0 saturated carbocycles. The van der Waals surface area contributed by atoms with E-state index in [0.29, 0.717) is 28.4 Å². The second-order valence-corrected chi connectivity index (χ2v) is 5.54. The van der Waals surface area contributed by atoms with Gasteiger partial charge in [0.15, 0.2) is 11.5 Å². The molecule has 0 atom stereocenters. The van der Waals surface area contributed by atoms with Crippen molar-refractivity contribution in [3.8, 4) is 35.0 Å². The average Bonchev–Trinajstić information content (AvgIpc) is 3.46. The van der Waals surface area contributed by atoms with E-state index in [0.717, 1.165) is 5.56 Å². The summed E-state index contributed by atoms with van der Waals surface area (Å²) in [5, 5.41) is 18.5. The Morgan fingerprint density at radius 3 is 2.15 bits per heavy atom. The highest BCUT2D eigenvalue weighted by Gasteiger charge is 2.25. The number of hydrogen-bond acceptors (Lipinski definition) is 6. The van der Waals surface area contributed by atoms with Crippen molar-refractivity contribution in [1.82, 2.24) is 0 Å². The van der Waals surface area contributed by atoms with E-state index in [1.165, 1.54) is 12.5 Å². The number of benzene rings is 1. The fourth-order valence-corrected chi connectivity index (χ4v) is 2.63. The molecule has 0 bridgehead atoms. The summed E-state index contributed by atoms with van der Waals surface area (Å²) in [7, 11) is 0. The van der Waals surface area contributed by atoms with Gasteiger partial charge in [-0.15, -0.1) is 0 Å². The van der Waals surface area contributed by atoms with Crippen LogP contribution in [-0.4, -0.2) is 6.21 Å². The lowest BCUT2D eigenvalue weighted by atomic mass is 10.1. The van der Waals surface area contributed by atoms with Crippen molar-refractivity contribution in [3.63, 3.8) is 0 Å².